The highest BCUT2D eigenvalue weighted by molar-refractivity contribution is 5.27. The third-order valence-corrected chi connectivity index (χ3v) is 4.50. The Morgan fingerprint density at radius 1 is 1.08 bits per heavy atom. The smallest absolute Gasteiger partial charge is 0.0653 e. The summed E-state index contributed by atoms with van der Waals surface area (Å²) in [4.78, 5) is 0. The molecule has 1 aliphatic rings. The number of nitrogens with one attached hydrogen (secondary N) is 3. The van der Waals surface area contributed by atoms with Gasteiger partial charge in [0.2, 0.25) is 0 Å². The van der Waals surface area contributed by atoms with E-state index in [1.165, 1.54) is 32.1 Å². The second kappa shape index (κ2) is 11.1. The van der Waals surface area contributed by atoms with Gasteiger partial charge in [-0.25, -0.2) is 0 Å². The number of allylic oxidation sites excluding steroid dienone is 1. The van der Waals surface area contributed by atoms with Crippen molar-refractivity contribution < 1.29 is 0 Å². The van der Waals surface area contributed by atoms with Crippen molar-refractivity contribution in [2.45, 2.75) is 77.8 Å². The van der Waals surface area contributed by atoms with Crippen molar-refractivity contribution in [1.82, 2.24) is 16.0 Å². The summed E-state index contributed by atoms with van der Waals surface area (Å²) in [6, 6.07) is 0.806. The van der Waals surface area contributed by atoms with E-state index in [1.54, 1.807) is 0 Å². The molecule has 1 fully saturated rings. The minimum absolute atomic E-state index is 0.201. The Bertz CT molecular complexity index is 472. The molecule has 1 aliphatic carbocycles. The topological polar surface area (TPSA) is 36.1 Å². The maximum absolute atomic E-state index is 4.26. The van der Waals surface area contributed by atoms with Crippen LogP contribution in [0.5, 0.6) is 0 Å². The van der Waals surface area contributed by atoms with E-state index < -0.39 is 0 Å². The first-order valence-electron chi connectivity index (χ1n) is 9.84. The number of rotatable bonds is 15. The van der Waals surface area contributed by atoms with Gasteiger partial charge in [-0.3, -0.25) is 0 Å². The van der Waals surface area contributed by atoms with Gasteiger partial charge in [-0.2, -0.15) is 0 Å². The molecule has 1 rings (SSSR count). The Kier molecular flexibility index (Phi) is 9.48. The summed E-state index contributed by atoms with van der Waals surface area (Å²) in [5.41, 5.74) is 4.06. The van der Waals surface area contributed by atoms with Crippen LogP contribution in [0.25, 0.3) is 0 Å². The number of hydrogen-bond donors (Lipinski definition) is 3. The minimum atomic E-state index is 0.201. The second-order valence-corrected chi connectivity index (χ2v) is 7.77. The normalized spacial score (nSPS) is 14.7. The Labute approximate surface area is 155 Å². The van der Waals surface area contributed by atoms with Gasteiger partial charge in [0.25, 0.3) is 0 Å². The molecule has 0 aromatic heterocycles. The standard InChI is InChI=1S/C22H39N3/c1-8-9-10-11-18(5)24-22(14-16(2)3)20(7)23-15-17(4)19(6)25-21-12-13-21/h16,21-25H,4-15H2,1-3H3/t22-/m0/s1. The molecule has 0 heterocycles. The third kappa shape index (κ3) is 9.42. The molecule has 3 N–H and O–H groups in total. The fourth-order valence-electron chi connectivity index (χ4n) is 2.69. The van der Waals surface area contributed by atoms with Crippen molar-refractivity contribution in [2.24, 2.45) is 5.92 Å². The van der Waals surface area contributed by atoms with E-state index in [2.05, 4.69) is 63.0 Å². The van der Waals surface area contributed by atoms with Crippen molar-refractivity contribution in [1.29, 1.82) is 0 Å². The molecule has 3 heteroatoms. The maximum Gasteiger partial charge on any atom is 0.0653 e. The molecule has 25 heavy (non-hydrogen) atoms. The molecule has 0 aromatic carbocycles. The highest BCUT2D eigenvalue weighted by Crippen LogP contribution is 2.21. The van der Waals surface area contributed by atoms with Gasteiger partial charge in [-0.1, -0.05) is 59.9 Å². The summed E-state index contributed by atoms with van der Waals surface area (Å²) in [5, 5.41) is 10.4. The van der Waals surface area contributed by atoms with Crippen LogP contribution in [0.3, 0.4) is 0 Å². The van der Waals surface area contributed by atoms with Crippen molar-refractivity contribution >= 4 is 0 Å². The number of unbranched alkanes of at least 4 members (excludes halogenated alkanes) is 2. The van der Waals surface area contributed by atoms with Gasteiger partial charge in [0.15, 0.2) is 0 Å². The predicted octanol–water partition coefficient (Wildman–Crippen LogP) is 5.01. The van der Waals surface area contributed by atoms with Crippen molar-refractivity contribution in [3.8, 4) is 0 Å². The SMILES string of the molecule is C=C(CCCCC)N[C@@H](CC(C)C)C(=C)NCC(=C)C(=C)NC1CC1. The van der Waals surface area contributed by atoms with Gasteiger partial charge < -0.3 is 16.0 Å². The summed E-state index contributed by atoms with van der Waals surface area (Å²) in [6.07, 6.45) is 8.24. The van der Waals surface area contributed by atoms with Gasteiger partial charge in [-0.05, 0) is 43.6 Å². The molecule has 0 spiro atoms. The second-order valence-electron chi connectivity index (χ2n) is 7.77. The summed E-state index contributed by atoms with van der Waals surface area (Å²) in [5.74, 6) is 0.592. The van der Waals surface area contributed by atoms with Gasteiger partial charge in [0, 0.05) is 29.7 Å². The Morgan fingerprint density at radius 3 is 2.32 bits per heavy atom. The maximum atomic E-state index is 4.26. The van der Waals surface area contributed by atoms with Crippen LogP contribution in [0.2, 0.25) is 0 Å². The van der Waals surface area contributed by atoms with E-state index in [-0.39, 0.29) is 6.04 Å². The first kappa shape index (κ1) is 21.4. The zero-order valence-corrected chi connectivity index (χ0v) is 16.7. The quantitative estimate of drug-likeness (QED) is 0.288. The van der Waals surface area contributed by atoms with Gasteiger partial charge in [0.1, 0.15) is 0 Å². The monoisotopic (exact) mass is 345 g/mol. The molecule has 0 aromatic rings. The Balaban J connectivity index is 2.44. The molecule has 0 saturated heterocycles. The van der Waals surface area contributed by atoms with Crippen LogP contribution < -0.4 is 16.0 Å². The summed E-state index contributed by atoms with van der Waals surface area (Å²) in [7, 11) is 0. The molecular weight excluding hydrogens is 306 g/mol. The average molecular weight is 346 g/mol. The fourth-order valence-corrected chi connectivity index (χ4v) is 2.69. The van der Waals surface area contributed by atoms with Crippen molar-refractivity contribution in [2.75, 3.05) is 6.54 Å². The van der Waals surface area contributed by atoms with Crippen molar-refractivity contribution in [3.63, 3.8) is 0 Å². The third-order valence-electron chi connectivity index (χ3n) is 4.50. The lowest BCUT2D eigenvalue weighted by atomic mass is 10.0. The van der Waals surface area contributed by atoms with E-state index >= 15 is 0 Å². The summed E-state index contributed by atoms with van der Waals surface area (Å²) < 4.78 is 0. The Morgan fingerprint density at radius 2 is 1.76 bits per heavy atom. The molecule has 3 nitrogen and oxygen atoms in total. The van der Waals surface area contributed by atoms with Crippen LogP contribution >= 0.6 is 0 Å². The minimum Gasteiger partial charge on any atom is -0.383 e. The summed E-state index contributed by atoms with van der Waals surface area (Å²) in [6.45, 7) is 24.1. The largest absolute Gasteiger partial charge is 0.383 e. The van der Waals surface area contributed by atoms with Gasteiger partial charge in [0.05, 0.1) is 6.04 Å². The molecule has 0 bridgehead atoms. The highest BCUT2D eigenvalue weighted by Gasteiger charge is 2.22. The molecule has 0 aliphatic heterocycles. The van der Waals surface area contributed by atoms with Crippen molar-refractivity contribution in [3.05, 3.63) is 49.0 Å². The highest BCUT2D eigenvalue weighted by atomic mass is 15.0. The van der Waals surface area contributed by atoms with E-state index in [4.69, 9.17) is 0 Å². The first-order valence-corrected chi connectivity index (χ1v) is 9.84. The molecule has 0 amide bonds. The lowest BCUT2D eigenvalue weighted by Crippen LogP contribution is -2.37. The van der Waals surface area contributed by atoms with Crippen LogP contribution in [0.4, 0.5) is 0 Å². The lowest BCUT2D eigenvalue weighted by Gasteiger charge is -2.26. The molecule has 0 unspecified atom stereocenters. The van der Waals surface area contributed by atoms with Crippen LogP contribution in [0.15, 0.2) is 49.0 Å². The van der Waals surface area contributed by atoms with Crippen LogP contribution in [-0.2, 0) is 0 Å². The predicted molar refractivity (Wildman–Crippen MR) is 111 cm³/mol. The van der Waals surface area contributed by atoms with E-state index in [0.29, 0.717) is 18.5 Å². The molecular formula is C22H39N3. The van der Waals surface area contributed by atoms with E-state index in [1.807, 2.05) is 0 Å². The zero-order chi connectivity index (χ0) is 18.8. The van der Waals surface area contributed by atoms with E-state index in [9.17, 15) is 0 Å². The van der Waals surface area contributed by atoms with E-state index in [0.717, 1.165) is 35.5 Å². The van der Waals surface area contributed by atoms with Crippen LogP contribution in [-0.4, -0.2) is 18.6 Å². The van der Waals surface area contributed by atoms with Crippen LogP contribution in [0.1, 0.15) is 65.7 Å². The molecule has 0 radical (unpaired) electrons. The van der Waals surface area contributed by atoms with Gasteiger partial charge in [-0.15, -0.1) is 0 Å². The Hall–Kier alpha value is -1.64. The number of hydrogen-bond acceptors (Lipinski definition) is 3. The molecule has 142 valence electrons. The lowest BCUT2D eigenvalue weighted by molar-refractivity contribution is 0.463. The average Bonchev–Trinajstić information content (AvgIpc) is 3.35. The zero-order valence-electron chi connectivity index (χ0n) is 16.7. The fraction of sp³-hybridized carbons (Fsp3) is 0.636. The molecule has 1 saturated carbocycles. The van der Waals surface area contributed by atoms with Gasteiger partial charge >= 0.3 is 0 Å². The first-order chi connectivity index (χ1) is 11.8. The van der Waals surface area contributed by atoms with Crippen LogP contribution in [0, 0.1) is 5.92 Å². The summed E-state index contributed by atoms with van der Waals surface area (Å²) >= 11 is 0. The molecule has 1 atom stereocenters.